The first kappa shape index (κ1) is 19.6. The Balaban J connectivity index is 1.48. The van der Waals surface area contributed by atoms with Crippen LogP contribution in [0.2, 0.25) is 0 Å². The number of phenols is 1. The number of aromatic hydroxyl groups is 1. The average Bonchev–Trinajstić information content (AvgIpc) is 2.70. The number of carbonyl (C=O) groups excluding carboxylic acids is 3. The number of anilines is 1. The van der Waals surface area contributed by atoms with Gasteiger partial charge in [0.15, 0.2) is 0 Å². The van der Waals surface area contributed by atoms with E-state index in [2.05, 4.69) is 20.9 Å². The maximum atomic E-state index is 12.2. The molecule has 0 unspecified atom stereocenters. The van der Waals surface area contributed by atoms with Crippen LogP contribution in [0.4, 0.5) is 10.5 Å². The molecular formula is C20H19N5O4. The van der Waals surface area contributed by atoms with Gasteiger partial charge in [-0.3, -0.25) is 14.6 Å². The number of benzene rings is 2. The normalized spacial score (nSPS) is 10.3. The molecule has 4 amide bonds. The molecule has 1 heterocycles. The summed E-state index contributed by atoms with van der Waals surface area (Å²) in [5.41, 5.74) is 6.89. The van der Waals surface area contributed by atoms with Crippen LogP contribution in [0, 0.1) is 0 Å². The van der Waals surface area contributed by atoms with Crippen molar-refractivity contribution >= 4 is 34.4 Å². The van der Waals surface area contributed by atoms with Crippen molar-refractivity contribution in [3.63, 3.8) is 0 Å². The van der Waals surface area contributed by atoms with E-state index in [1.807, 2.05) is 0 Å². The van der Waals surface area contributed by atoms with Crippen LogP contribution in [0.5, 0.6) is 5.75 Å². The lowest BCUT2D eigenvalue weighted by atomic mass is 10.1. The molecular weight excluding hydrogens is 374 g/mol. The molecule has 2 aromatic carbocycles. The van der Waals surface area contributed by atoms with E-state index in [4.69, 9.17) is 5.73 Å². The number of hydrogen-bond acceptors (Lipinski definition) is 5. The number of pyridine rings is 1. The zero-order valence-electron chi connectivity index (χ0n) is 15.3. The van der Waals surface area contributed by atoms with Crippen molar-refractivity contribution in [2.24, 2.45) is 5.73 Å². The molecule has 148 valence electrons. The van der Waals surface area contributed by atoms with Gasteiger partial charge in [-0.2, -0.15) is 0 Å². The topological polar surface area (TPSA) is 146 Å². The third-order valence-electron chi connectivity index (χ3n) is 4.04. The Kier molecular flexibility index (Phi) is 5.88. The average molecular weight is 393 g/mol. The molecule has 0 aliphatic heterocycles. The Labute approximate surface area is 165 Å². The molecule has 9 nitrogen and oxygen atoms in total. The van der Waals surface area contributed by atoms with Gasteiger partial charge in [-0.1, -0.05) is 0 Å². The van der Waals surface area contributed by atoms with Gasteiger partial charge in [-0.25, -0.2) is 4.79 Å². The largest absolute Gasteiger partial charge is 0.508 e. The quantitative estimate of drug-likeness (QED) is 0.404. The minimum absolute atomic E-state index is 0.108. The van der Waals surface area contributed by atoms with Crippen LogP contribution in [0.25, 0.3) is 10.9 Å². The van der Waals surface area contributed by atoms with Gasteiger partial charge in [0.2, 0.25) is 0 Å². The van der Waals surface area contributed by atoms with E-state index in [1.54, 1.807) is 36.4 Å². The lowest BCUT2D eigenvalue weighted by Crippen LogP contribution is -2.34. The van der Waals surface area contributed by atoms with E-state index in [0.717, 1.165) is 5.39 Å². The molecule has 0 saturated carbocycles. The Hall–Kier alpha value is -4.14. The smallest absolute Gasteiger partial charge is 0.316 e. The standard InChI is InChI=1S/C20H19N5O4/c21-20(29)25-15-4-1-12(2-5-15)18(27)22-7-8-23-19(28)14-9-13-3-6-16(26)10-17(13)24-11-14/h1-6,9-11,26H,7-8H2,(H,22,27)(H,23,28)(H3,21,25,29). The number of urea groups is 1. The fourth-order valence-electron chi connectivity index (χ4n) is 2.64. The summed E-state index contributed by atoms with van der Waals surface area (Å²) in [6, 6.07) is 12.0. The number of nitrogens with two attached hydrogens (primary N) is 1. The monoisotopic (exact) mass is 393 g/mol. The third-order valence-corrected chi connectivity index (χ3v) is 4.04. The number of rotatable bonds is 6. The number of hydrogen-bond donors (Lipinski definition) is 5. The number of amides is 4. The van der Waals surface area contributed by atoms with Crippen molar-refractivity contribution in [3.8, 4) is 5.75 Å². The van der Waals surface area contributed by atoms with Crippen molar-refractivity contribution in [3.05, 3.63) is 65.9 Å². The first-order valence-corrected chi connectivity index (χ1v) is 8.74. The summed E-state index contributed by atoms with van der Waals surface area (Å²) >= 11 is 0. The highest BCUT2D eigenvalue weighted by molar-refractivity contribution is 5.98. The van der Waals surface area contributed by atoms with Gasteiger partial charge in [0.1, 0.15) is 5.75 Å². The molecule has 0 bridgehead atoms. The fourth-order valence-corrected chi connectivity index (χ4v) is 2.64. The number of fused-ring (bicyclic) bond motifs is 1. The van der Waals surface area contributed by atoms with Gasteiger partial charge in [0, 0.05) is 42.0 Å². The molecule has 0 radical (unpaired) electrons. The predicted octanol–water partition coefficient (Wildman–Crippen LogP) is 1.59. The highest BCUT2D eigenvalue weighted by Gasteiger charge is 2.09. The number of primary amides is 1. The van der Waals surface area contributed by atoms with E-state index in [1.165, 1.54) is 18.3 Å². The van der Waals surface area contributed by atoms with Gasteiger partial charge in [0.25, 0.3) is 11.8 Å². The molecule has 0 aliphatic carbocycles. The van der Waals surface area contributed by atoms with Crippen LogP contribution >= 0.6 is 0 Å². The number of aromatic nitrogens is 1. The van der Waals surface area contributed by atoms with Crippen molar-refractivity contribution in [2.45, 2.75) is 0 Å². The molecule has 0 atom stereocenters. The van der Waals surface area contributed by atoms with Crippen LogP contribution in [0.1, 0.15) is 20.7 Å². The van der Waals surface area contributed by atoms with Gasteiger partial charge < -0.3 is 26.8 Å². The van der Waals surface area contributed by atoms with E-state index in [0.29, 0.717) is 22.3 Å². The zero-order chi connectivity index (χ0) is 20.8. The Morgan fingerprint density at radius 2 is 1.55 bits per heavy atom. The Bertz CT molecular complexity index is 1070. The van der Waals surface area contributed by atoms with Crippen molar-refractivity contribution in [2.75, 3.05) is 18.4 Å². The number of nitrogens with zero attached hydrogens (tertiary/aromatic N) is 1. The van der Waals surface area contributed by atoms with E-state index < -0.39 is 6.03 Å². The van der Waals surface area contributed by atoms with E-state index >= 15 is 0 Å². The summed E-state index contributed by atoms with van der Waals surface area (Å²) in [6.45, 7) is 0.472. The summed E-state index contributed by atoms with van der Waals surface area (Å²) in [6.07, 6.45) is 1.43. The van der Waals surface area contributed by atoms with Gasteiger partial charge >= 0.3 is 6.03 Å². The number of nitrogens with one attached hydrogen (secondary N) is 3. The molecule has 1 aromatic heterocycles. The fraction of sp³-hybridized carbons (Fsp3) is 0.100. The third kappa shape index (κ3) is 5.19. The zero-order valence-corrected chi connectivity index (χ0v) is 15.3. The van der Waals surface area contributed by atoms with Crippen molar-refractivity contribution in [1.29, 1.82) is 0 Å². The van der Waals surface area contributed by atoms with Crippen LogP contribution in [-0.4, -0.2) is 41.0 Å². The lowest BCUT2D eigenvalue weighted by molar-refractivity contribution is 0.0927. The molecule has 29 heavy (non-hydrogen) atoms. The SMILES string of the molecule is NC(=O)Nc1ccc(C(=O)NCCNC(=O)c2cnc3cc(O)ccc3c2)cc1. The summed E-state index contributed by atoms with van der Waals surface area (Å²) in [5.74, 6) is -0.516. The van der Waals surface area contributed by atoms with Crippen LogP contribution in [0.3, 0.4) is 0 Å². The molecule has 9 heteroatoms. The maximum Gasteiger partial charge on any atom is 0.316 e. The molecule has 3 rings (SSSR count). The van der Waals surface area contributed by atoms with Crippen molar-refractivity contribution < 1.29 is 19.5 Å². The second-order valence-corrected chi connectivity index (χ2v) is 6.18. The lowest BCUT2D eigenvalue weighted by Gasteiger charge is -2.08. The molecule has 0 fully saturated rings. The van der Waals surface area contributed by atoms with Crippen LogP contribution in [-0.2, 0) is 0 Å². The molecule has 0 saturated heterocycles. The van der Waals surface area contributed by atoms with Gasteiger partial charge in [0.05, 0.1) is 11.1 Å². The predicted molar refractivity (Wildman–Crippen MR) is 108 cm³/mol. The molecule has 3 aromatic rings. The molecule has 6 N–H and O–H groups in total. The van der Waals surface area contributed by atoms with Gasteiger partial charge in [-0.15, -0.1) is 0 Å². The first-order valence-electron chi connectivity index (χ1n) is 8.74. The van der Waals surface area contributed by atoms with Gasteiger partial charge in [-0.05, 0) is 42.5 Å². The molecule has 0 spiro atoms. The van der Waals surface area contributed by atoms with Crippen LogP contribution in [0.15, 0.2) is 54.7 Å². The number of phenolic OH excluding ortho intramolecular Hbond substituents is 1. The second-order valence-electron chi connectivity index (χ2n) is 6.18. The summed E-state index contributed by atoms with van der Waals surface area (Å²) in [4.78, 5) is 39.3. The van der Waals surface area contributed by atoms with Crippen molar-refractivity contribution in [1.82, 2.24) is 15.6 Å². The summed E-state index contributed by atoms with van der Waals surface area (Å²) in [7, 11) is 0. The second kappa shape index (κ2) is 8.70. The number of carbonyl (C=O) groups is 3. The van der Waals surface area contributed by atoms with Crippen LogP contribution < -0.4 is 21.7 Å². The summed E-state index contributed by atoms with van der Waals surface area (Å²) in [5, 5.41) is 18.0. The summed E-state index contributed by atoms with van der Waals surface area (Å²) < 4.78 is 0. The first-order chi connectivity index (χ1) is 13.9. The maximum absolute atomic E-state index is 12.2. The highest BCUT2D eigenvalue weighted by Crippen LogP contribution is 2.18. The Morgan fingerprint density at radius 3 is 2.21 bits per heavy atom. The highest BCUT2D eigenvalue weighted by atomic mass is 16.3. The minimum Gasteiger partial charge on any atom is -0.508 e. The van der Waals surface area contributed by atoms with E-state index in [9.17, 15) is 19.5 Å². The van der Waals surface area contributed by atoms with E-state index in [-0.39, 0.29) is 30.7 Å². The minimum atomic E-state index is -0.683. The Morgan fingerprint density at radius 1 is 0.897 bits per heavy atom. The molecule has 0 aliphatic rings.